The number of carbonyl (C=O) groups is 1. The van der Waals surface area contributed by atoms with Gasteiger partial charge in [-0.15, -0.1) is 0 Å². The molecule has 2 aromatic rings. The van der Waals surface area contributed by atoms with E-state index in [1.807, 2.05) is 55.5 Å². The fourth-order valence-electron chi connectivity index (χ4n) is 2.38. The monoisotopic (exact) mass is 400 g/mol. The first-order chi connectivity index (χ1) is 12.9. The number of benzene rings is 2. The predicted molar refractivity (Wildman–Crippen MR) is 114 cm³/mol. The molecule has 0 aromatic heterocycles. The minimum Gasteiger partial charge on any atom is -0.493 e. The number of thioether (sulfide) groups is 1. The van der Waals surface area contributed by atoms with Gasteiger partial charge in [-0.05, 0) is 66.1 Å². The number of amidine groups is 1. The van der Waals surface area contributed by atoms with Crippen LogP contribution in [0.25, 0.3) is 6.08 Å². The zero-order chi connectivity index (χ0) is 19.4. The third-order valence-electron chi connectivity index (χ3n) is 3.87. The Morgan fingerprint density at radius 2 is 1.96 bits per heavy atom. The average Bonchev–Trinajstić information content (AvgIpc) is 2.97. The molecule has 2 aromatic carbocycles. The second kappa shape index (κ2) is 8.63. The molecule has 1 N–H and O–H groups in total. The normalized spacial score (nSPS) is 17.0. The number of hydrogen-bond donors (Lipinski definition) is 1. The molecule has 0 aliphatic carbocycles. The maximum Gasteiger partial charge on any atom is 0.264 e. The number of carbonyl (C=O) groups excluding carboxylic acids is 1. The Hall–Kier alpha value is -2.24. The number of rotatable bonds is 5. The molecule has 0 atom stereocenters. The predicted octanol–water partition coefficient (Wildman–Crippen LogP) is 5.57. The number of nitrogens with zero attached hydrogens (tertiary/aromatic N) is 1. The standard InChI is InChI=1S/C21H21ClN2O2S/c1-13(2)12-26-16-9-7-15(8-10-16)11-19-20(25)24-21(27-19)23-18-6-4-5-17(22)14(18)3/h4-11,13H,12H2,1-3H3,(H,23,24,25)/b19-11+. The SMILES string of the molecule is Cc1c(Cl)cccc1N=C1NC(=O)/C(=C\c2ccc(OCC(C)C)cc2)S1. The summed E-state index contributed by atoms with van der Waals surface area (Å²) in [6.45, 7) is 6.81. The van der Waals surface area contributed by atoms with E-state index in [0.29, 0.717) is 27.6 Å². The smallest absolute Gasteiger partial charge is 0.264 e. The van der Waals surface area contributed by atoms with E-state index >= 15 is 0 Å². The number of amides is 1. The number of aliphatic imine (C=N–C) groups is 1. The Bertz CT molecular complexity index is 905. The molecule has 3 rings (SSSR count). The van der Waals surface area contributed by atoms with Crippen molar-refractivity contribution in [1.82, 2.24) is 5.32 Å². The Morgan fingerprint density at radius 3 is 2.67 bits per heavy atom. The summed E-state index contributed by atoms with van der Waals surface area (Å²) in [5.41, 5.74) is 2.57. The van der Waals surface area contributed by atoms with Gasteiger partial charge in [0.2, 0.25) is 0 Å². The maximum absolute atomic E-state index is 12.2. The first-order valence-electron chi connectivity index (χ1n) is 8.70. The van der Waals surface area contributed by atoms with Crippen LogP contribution in [0.4, 0.5) is 5.69 Å². The zero-order valence-corrected chi connectivity index (χ0v) is 17.0. The van der Waals surface area contributed by atoms with E-state index in [4.69, 9.17) is 16.3 Å². The van der Waals surface area contributed by atoms with Crippen molar-refractivity contribution in [3.8, 4) is 5.75 Å². The topological polar surface area (TPSA) is 50.7 Å². The first-order valence-corrected chi connectivity index (χ1v) is 9.89. The highest BCUT2D eigenvalue weighted by Crippen LogP contribution is 2.31. The maximum atomic E-state index is 12.2. The fourth-order valence-corrected chi connectivity index (χ4v) is 3.39. The second-order valence-electron chi connectivity index (χ2n) is 6.64. The van der Waals surface area contributed by atoms with E-state index < -0.39 is 0 Å². The lowest BCUT2D eigenvalue weighted by atomic mass is 10.2. The average molecular weight is 401 g/mol. The van der Waals surface area contributed by atoms with Crippen LogP contribution in [0, 0.1) is 12.8 Å². The largest absolute Gasteiger partial charge is 0.493 e. The molecule has 0 radical (unpaired) electrons. The Kier molecular flexibility index (Phi) is 6.24. The third-order valence-corrected chi connectivity index (χ3v) is 5.19. The third kappa shape index (κ3) is 5.15. The summed E-state index contributed by atoms with van der Waals surface area (Å²) >= 11 is 7.45. The number of ether oxygens (including phenoxy) is 1. The number of nitrogens with one attached hydrogen (secondary N) is 1. The van der Waals surface area contributed by atoms with Crippen LogP contribution in [-0.2, 0) is 4.79 Å². The molecule has 0 saturated carbocycles. The summed E-state index contributed by atoms with van der Waals surface area (Å²) in [5.74, 6) is 1.15. The van der Waals surface area contributed by atoms with Crippen molar-refractivity contribution in [3.05, 3.63) is 63.5 Å². The van der Waals surface area contributed by atoms with Gasteiger partial charge in [-0.1, -0.05) is 43.6 Å². The van der Waals surface area contributed by atoms with E-state index in [1.165, 1.54) is 11.8 Å². The molecule has 0 unspecified atom stereocenters. The molecule has 0 bridgehead atoms. The van der Waals surface area contributed by atoms with Crippen molar-refractivity contribution in [2.45, 2.75) is 20.8 Å². The number of hydrogen-bond acceptors (Lipinski definition) is 4. The van der Waals surface area contributed by atoms with Crippen molar-refractivity contribution in [2.75, 3.05) is 6.61 Å². The quantitative estimate of drug-likeness (QED) is 0.667. The molecular weight excluding hydrogens is 380 g/mol. The molecule has 1 fully saturated rings. The molecule has 6 heteroatoms. The van der Waals surface area contributed by atoms with Gasteiger partial charge < -0.3 is 10.1 Å². The van der Waals surface area contributed by atoms with E-state index in [0.717, 1.165) is 22.6 Å². The van der Waals surface area contributed by atoms with Gasteiger partial charge in [0.15, 0.2) is 5.17 Å². The van der Waals surface area contributed by atoms with Crippen molar-refractivity contribution in [3.63, 3.8) is 0 Å². The second-order valence-corrected chi connectivity index (χ2v) is 8.08. The van der Waals surface area contributed by atoms with Crippen LogP contribution in [-0.4, -0.2) is 17.7 Å². The van der Waals surface area contributed by atoms with E-state index in [9.17, 15) is 4.79 Å². The van der Waals surface area contributed by atoms with Gasteiger partial charge in [-0.25, -0.2) is 4.99 Å². The molecule has 1 aliphatic rings. The van der Waals surface area contributed by atoms with Gasteiger partial charge in [0.1, 0.15) is 5.75 Å². The van der Waals surface area contributed by atoms with Crippen LogP contribution in [0.2, 0.25) is 5.02 Å². The van der Waals surface area contributed by atoms with Crippen molar-refractivity contribution >= 4 is 46.2 Å². The van der Waals surface area contributed by atoms with Gasteiger partial charge >= 0.3 is 0 Å². The summed E-state index contributed by atoms with van der Waals surface area (Å²) in [6, 6.07) is 13.2. The van der Waals surface area contributed by atoms with Crippen LogP contribution in [0.5, 0.6) is 5.75 Å². The summed E-state index contributed by atoms with van der Waals surface area (Å²) in [7, 11) is 0. The minimum absolute atomic E-state index is 0.154. The fraction of sp³-hybridized carbons (Fsp3) is 0.238. The van der Waals surface area contributed by atoms with Gasteiger partial charge in [-0.2, -0.15) is 0 Å². The van der Waals surface area contributed by atoms with Gasteiger partial charge in [0.05, 0.1) is 17.2 Å². The minimum atomic E-state index is -0.154. The van der Waals surface area contributed by atoms with Crippen molar-refractivity contribution in [1.29, 1.82) is 0 Å². The molecule has 0 spiro atoms. The van der Waals surface area contributed by atoms with Crippen LogP contribution in [0.1, 0.15) is 25.0 Å². The Labute approximate surface area is 168 Å². The van der Waals surface area contributed by atoms with Crippen LogP contribution >= 0.6 is 23.4 Å². The lowest BCUT2D eigenvalue weighted by molar-refractivity contribution is -0.115. The molecular formula is C21H21ClN2O2S. The first kappa shape index (κ1) is 19.5. The molecule has 4 nitrogen and oxygen atoms in total. The highest BCUT2D eigenvalue weighted by Gasteiger charge is 2.24. The molecule has 27 heavy (non-hydrogen) atoms. The summed E-state index contributed by atoms with van der Waals surface area (Å²) < 4.78 is 5.68. The lowest BCUT2D eigenvalue weighted by Crippen LogP contribution is -2.19. The molecule has 140 valence electrons. The van der Waals surface area contributed by atoms with Gasteiger partial charge in [0.25, 0.3) is 5.91 Å². The summed E-state index contributed by atoms with van der Waals surface area (Å²) in [4.78, 5) is 17.4. The van der Waals surface area contributed by atoms with Crippen LogP contribution < -0.4 is 10.1 Å². The zero-order valence-electron chi connectivity index (χ0n) is 15.5. The van der Waals surface area contributed by atoms with Crippen LogP contribution in [0.15, 0.2) is 52.4 Å². The molecule has 1 amide bonds. The Balaban J connectivity index is 1.73. The Morgan fingerprint density at radius 1 is 1.22 bits per heavy atom. The molecule has 1 aliphatic heterocycles. The highest BCUT2D eigenvalue weighted by atomic mass is 35.5. The molecule has 1 saturated heterocycles. The van der Waals surface area contributed by atoms with Crippen molar-refractivity contribution in [2.24, 2.45) is 10.9 Å². The molecule has 1 heterocycles. The highest BCUT2D eigenvalue weighted by molar-refractivity contribution is 8.18. The van der Waals surface area contributed by atoms with Gasteiger partial charge in [-0.3, -0.25) is 4.79 Å². The van der Waals surface area contributed by atoms with Gasteiger partial charge in [0, 0.05) is 5.02 Å². The summed E-state index contributed by atoms with van der Waals surface area (Å²) in [5, 5.41) is 4.01. The summed E-state index contributed by atoms with van der Waals surface area (Å²) in [6.07, 6.45) is 1.85. The van der Waals surface area contributed by atoms with E-state index in [1.54, 1.807) is 0 Å². The van der Waals surface area contributed by atoms with E-state index in [2.05, 4.69) is 24.2 Å². The lowest BCUT2D eigenvalue weighted by Gasteiger charge is -2.08. The van der Waals surface area contributed by atoms with Crippen molar-refractivity contribution < 1.29 is 9.53 Å². The number of halogens is 1. The van der Waals surface area contributed by atoms with Crippen LogP contribution in [0.3, 0.4) is 0 Å². The van der Waals surface area contributed by atoms with E-state index in [-0.39, 0.29) is 5.91 Å².